The van der Waals surface area contributed by atoms with Crippen LogP contribution in [0.25, 0.3) is 0 Å². The summed E-state index contributed by atoms with van der Waals surface area (Å²) in [5, 5.41) is 13.2. The molecule has 1 atom stereocenters. The molecule has 1 aromatic carbocycles. The number of halogens is 1. The molecule has 0 spiro atoms. The molecular weight excluding hydrogens is 288 g/mol. The normalized spacial score (nSPS) is 12.0. The van der Waals surface area contributed by atoms with Crippen molar-refractivity contribution in [3.05, 3.63) is 57.9 Å². The van der Waals surface area contributed by atoms with Crippen LogP contribution in [0.5, 0.6) is 0 Å². The van der Waals surface area contributed by atoms with Crippen molar-refractivity contribution < 1.29 is 9.90 Å². The molecule has 0 radical (unpaired) electrons. The second kappa shape index (κ2) is 6.14. The fourth-order valence-corrected chi connectivity index (χ4v) is 2.65. The molecule has 1 heterocycles. The molecule has 0 amide bonds. The Labute approximate surface area is 128 Å². The van der Waals surface area contributed by atoms with Gasteiger partial charge in [-0.2, -0.15) is 0 Å². The zero-order chi connectivity index (χ0) is 15.6. The van der Waals surface area contributed by atoms with Gasteiger partial charge in [-0.05, 0) is 38.5 Å². The van der Waals surface area contributed by atoms with Gasteiger partial charge in [0.2, 0.25) is 0 Å². The third-order valence-electron chi connectivity index (χ3n) is 3.29. The van der Waals surface area contributed by atoms with Crippen LogP contribution in [0.1, 0.15) is 40.3 Å². The van der Waals surface area contributed by atoms with E-state index in [4.69, 9.17) is 11.6 Å². The van der Waals surface area contributed by atoms with Gasteiger partial charge in [-0.15, -0.1) is 0 Å². The molecule has 0 aliphatic heterocycles. The van der Waals surface area contributed by atoms with E-state index in [2.05, 4.69) is 10.3 Å². The molecule has 2 aromatic rings. The van der Waals surface area contributed by atoms with Crippen LogP contribution < -0.4 is 5.32 Å². The number of aromatic carboxylic acids is 1. The molecule has 0 aliphatic carbocycles. The summed E-state index contributed by atoms with van der Waals surface area (Å²) in [5.41, 5.74) is 2.93. The minimum atomic E-state index is -0.992. The Kier molecular flexibility index (Phi) is 4.48. The molecule has 0 fully saturated rings. The Hall–Kier alpha value is -2.07. The van der Waals surface area contributed by atoms with Crippen LogP contribution in [0.4, 0.5) is 5.69 Å². The second-order valence-electron chi connectivity index (χ2n) is 4.96. The zero-order valence-corrected chi connectivity index (χ0v) is 12.9. The summed E-state index contributed by atoms with van der Waals surface area (Å²) < 4.78 is 0. The number of carbonyl (C=O) groups is 1. The number of benzene rings is 1. The Morgan fingerprint density at radius 1 is 1.33 bits per heavy atom. The minimum absolute atomic E-state index is 0.113. The summed E-state index contributed by atoms with van der Waals surface area (Å²) >= 11 is 6.18. The average Bonchev–Trinajstić information content (AvgIpc) is 2.37. The van der Waals surface area contributed by atoms with Crippen molar-refractivity contribution in [1.82, 2.24) is 4.98 Å². The van der Waals surface area contributed by atoms with Gasteiger partial charge < -0.3 is 10.4 Å². The molecule has 1 aromatic heterocycles. The van der Waals surface area contributed by atoms with Gasteiger partial charge in [0.1, 0.15) is 5.56 Å². The van der Waals surface area contributed by atoms with Crippen LogP contribution in [0.15, 0.2) is 30.3 Å². The van der Waals surface area contributed by atoms with E-state index in [1.54, 1.807) is 13.0 Å². The van der Waals surface area contributed by atoms with Crippen molar-refractivity contribution in [3.8, 4) is 0 Å². The fourth-order valence-electron chi connectivity index (χ4n) is 2.35. The Balaban J connectivity index is 2.40. The standard InChI is InChI=1S/C16H17ClN2O2/c1-9-8-14(15(16(20)21)11(3)18-9)19-10(2)12-6-4-5-7-13(12)17/h4-8,10H,1-3H3,(H,18,19)(H,20,21). The number of aryl methyl sites for hydroxylation is 2. The van der Waals surface area contributed by atoms with Crippen LogP contribution in [0.2, 0.25) is 5.02 Å². The molecule has 5 heteroatoms. The SMILES string of the molecule is Cc1cc(NC(C)c2ccccc2Cl)c(C(=O)O)c(C)n1. The van der Waals surface area contributed by atoms with Crippen molar-refractivity contribution in [2.24, 2.45) is 0 Å². The highest BCUT2D eigenvalue weighted by Crippen LogP contribution is 2.28. The van der Waals surface area contributed by atoms with Crippen molar-refractivity contribution in [3.63, 3.8) is 0 Å². The first kappa shape index (κ1) is 15.3. The molecule has 21 heavy (non-hydrogen) atoms. The highest BCUT2D eigenvalue weighted by molar-refractivity contribution is 6.31. The molecule has 0 saturated heterocycles. The summed E-state index contributed by atoms with van der Waals surface area (Å²) in [6.07, 6.45) is 0. The number of nitrogens with zero attached hydrogens (tertiary/aromatic N) is 1. The Morgan fingerprint density at radius 3 is 2.62 bits per heavy atom. The number of carboxylic acids is 1. The summed E-state index contributed by atoms with van der Waals surface area (Å²) in [6.45, 7) is 5.48. The first-order chi connectivity index (χ1) is 9.90. The molecule has 0 saturated carbocycles. The lowest BCUT2D eigenvalue weighted by Gasteiger charge is -2.19. The van der Waals surface area contributed by atoms with Crippen molar-refractivity contribution in [2.75, 3.05) is 5.32 Å². The van der Waals surface area contributed by atoms with Gasteiger partial charge in [-0.3, -0.25) is 4.98 Å². The number of carboxylic acid groups (broad SMARTS) is 1. The van der Waals surface area contributed by atoms with E-state index in [0.29, 0.717) is 16.4 Å². The largest absolute Gasteiger partial charge is 0.478 e. The molecule has 0 aliphatic rings. The maximum Gasteiger partial charge on any atom is 0.339 e. The lowest BCUT2D eigenvalue weighted by Crippen LogP contribution is -2.13. The summed E-state index contributed by atoms with van der Waals surface area (Å²) in [4.78, 5) is 15.6. The van der Waals surface area contributed by atoms with Crippen LogP contribution in [-0.4, -0.2) is 16.1 Å². The number of pyridine rings is 1. The molecular formula is C16H17ClN2O2. The van der Waals surface area contributed by atoms with E-state index in [1.165, 1.54) is 0 Å². The highest BCUT2D eigenvalue weighted by atomic mass is 35.5. The number of aromatic nitrogens is 1. The van der Waals surface area contributed by atoms with Gasteiger partial charge in [0.25, 0.3) is 0 Å². The smallest absolute Gasteiger partial charge is 0.339 e. The van der Waals surface area contributed by atoms with Crippen LogP contribution in [-0.2, 0) is 0 Å². The van der Waals surface area contributed by atoms with E-state index in [-0.39, 0.29) is 11.6 Å². The third-order valence-corrected chi connectivity index (χ3v) is 3.63. The molecule has 2 N–H and O–H groups in total. The number of hydrogen-bond acceptors (Lipinski definition) is 3. The van der Waals surface area contributed by atoms with Crippen molar-refractivity contribution in [1.29, 1.82) is 0 Å². The summed E-state index contributed by atoms with van der Waals surface area (Å²) in [6, 6.07) is 9.13. The predicted octanol–water partition coefficient (Wildman–Crippen LogP) is 4.22. The minimum Gasteiger partial charge on any atom is -0.478 e. The molecule has 110 valence electrons. The molecule has 4 nitrogen and oxygen atoms in total. The van der Waals surface area contributed by atoms with Gasteiger partial charge in [0, 0.05) is 10.7 Å². The first-order valence-electron chi connectivity index (χ1n) is 6.62. The third kappa shape index (κ3) is 3.34. The van der Waals surface area contributed by atoms with Gasteiger partial charge in [0.05, 0.1) is 17.4 Å². The lowest BCUT2D eigenvalue weighted by molar-refractivity contribution is 0.0696. The van der Waals surface area contributed by atoms with Crippen molar-refractivity contribution in [2.45, 2.75) is 26.8 Å². The number of nitrogens with one attached hydrogen (secondary N) is 1. The number of rotatable bonds is 4. The highest BCUT2D eigenvalue weighted by Gasteiger charge is 2.18. The van der Waals surface area contributed by atoms with E-state index in [1.807, 2.05) is 38.1 Å². The summed E-state index contributed by atoms with van der Waals surface area (Å²) in [7, 11) is 0. The monoisotopic (exact) mass is 304 g/mol. The van der Waals surface area contributed by atoms with E-state index in [9.17, 15) is 9.90 Å². The van der Waals surface area contributed by atoms with E-state index < -0.39 is 5.97 Å². The number of hydrogen-bond donors (Lipinski definition) is 2. The fraction of sp³-hybridized carbons (Fsp3) is 0.250. The number of anilines is 1. The molecule has 1 unspecified atom stereocenters. The van der Waals surface area contributed by atoms with Crippen LogP contribution in [0, 0.1) is 13.8 Å². The quantitative estimate of drug-likeness (QED) is 0.887. The van der Waals surface area contributed by atoms with Gasteiger partial charge >= 0.3 is 5.97 Å². The molecule has 0 bridgehead atoms. The van der Waals surface area contributed by atoms with Gasteiger partial charge in [-0.1, -0.05) is 29.8 Å². The maximum absolute atomic E-state index is 11.4. The average molecular weight is 305 g/mol. The molecule has 2 rings (SSSR count). The van der Waals surface area contributed by atoms with Gasteiger partial charge in [-0.25, -0.2) is 4.79 Å². The zero-order valence-electron chi connectivity index (χ0n) is 12.1. The second-order valence-corrected chi connectivity index (χ2v) is 5.37. The lowest BCUT2D eigenvalue weighted by atomic mass is 10.1. The topological polar surface area (TPSA) is 62.2 Å². The van der Waals surface area contributed by atoms with E-state index in [0.717, 1.165) is 11.3 Å². The predicted molar refractivity (Wildman–Crippen MR) is 84.2 cm³/mol. The first-order valence-corrected chi connectivity index (χ1v) is 7.00. The maximum atomic E-state index is 11.4. The Bertz CT molecular complexity index is 686. The van der Waals surface area contributed by atoms with Gasteiger partial charge in [0.15, 0.2) is 0 Å². The summed E-state index contributed by atoms with van der Waals surface area (Å²) in [5.74, 6) is -0.992. The Morgan fingerprint density at radius 2 is 2.00 bits per heavy atom. The van der Waals surface area contributed by atoms with Crippen LogP contribution >= 0.6 is 11.6 Å². The van der Waals surface area contributed by atoms with Crippen LogP contribution in [0.3, 0.4) is 0 Å². The van der Waals surface area contributed by atoms with Crippen molar-refractivity contribution >= 4 is 23.3 Å². The van der Waals surface area contributed by atoms with E-state index >= 15 is 0 Å².